The lowest BCUT2D eigenvalue weighted by atomic mass is 9.96. The molecule has 0 spiro atoms. The molecule has 3 aromatic rings. The number of likely N-dealkylation sites (N-methyl/N-ethyl adjacent to an activating group) is 1. The van der Waals surface area contributed by atoms with E-state index in [0.29, 0.717) is 30.2 Å². The van der Waals surface area contributed by atoms with Crippen LogP contribution in [0.5, 0.6) is 5.75 Å². The molecule has 0 fully saturated rings. The van der Waals surface area contributed by atoms with Crippen LogP contribution in [-0.4, -0.2) is 48.6 Å². The SMILES string of the molecule is CCOc1ccccc1NC(=O)COC(=O)c1c2c(nc3ccccc13)CCN(C)C2. The van der Waals surface area contributed by atoms with Gasteiger partial charge in [0.1, 0.15) is 5.75 Å². The Labute approximate surface area is 181 Å². The fraction of sp³-hybridized carbons (Fsp3) is 0.292. The van der Waals surface area contributed by atoms with Crippen LogP contribution < -0.4 is 10.1 Å². The summed E-state index contributed by atoms with van der Waals surface area (Å²) in [5.74, 6) is -0.370. The third kappa shape index (κ3) is 4.51. The molecular formula is C24H25N3O4. The lowest BCUT2D eigenvalue weighted by Gasteiger charge is -2.26. The molecule has 2 heterocycles. The molecule has 31 heavy (non-hydrogen) atoms. The van der Waals surface area contributed by atoms with E-state index in [1.807, 2.05) is 44.3 Å². The number of fused-ring (bicyclic) bond motifs is 2. The Bertz CT molecular complexity index is 1130. The van der Waals surface area contributed by atoms with E-state index in [-0.39, 0.29) is 6.61 Å². The van der Waals surface area contributed by atoms with Gasteiger partial charge in [0.15, 0.2) is 6.61 Å². The molecule has 7 heteroatoms. The fourth-order valence-corrected chi connectivity index (χ4v) is 3.80. The van der Waals surface area contributed by atoms with E-state index < -0.39 is 11.9 Å². The largest absolute Gasteiger partial charge is 0.492 e. The molecule has 7 nitrogen and oxygen atoms in total. The minimum Gasteiger partial charge on any atom is -0.492 e. The van der Waals surface area contributed by atoms with Crippen LogP contribution in [0, 0.1) is 0 Å². The molecule has 0 saturated heterocycles. The van der Waals surface area contributed by atoms with Gasteiger partial charge >= 0.3 is 5.97 Å². The average Bonchev–Trinajstić information content (AvgIpc) is 2.77. The molecule has 1 aliphatic heterocycles. The lowest BCUT2D eigenvalue weighted by molar-refractivity contribution is -0.119. The van der Waals surface area contributed by atoms with E-state index >= 15 is 0 Å². The predicted molar refractivity (Wildman–Crippen MR) is 118 cm³/mol. The summed E-state index contributed by atoms with van der Waals surface area (Å²) in [6.45, 7) is 3.47. The summed E-state index contributed by atoms with van der Waals surface area (Å²) in [7, 11) is 2.01. The number of esters is 1. The molecule has 0 unspecified atom stereocenters. The number of carbonyl (C=O) groups excluding carboxylic acids is 2. The topological polar surface area (TPSA) is 80.8 Å². The molecule has 2 aromatic carbocycles. The lowest BCUT2D eigenvalue weighted by Crippen LogP contribution is -2.30. The highest BCUT2D eigenvalue weighted by Gasteiger charge is 2.25. The van der Waals surface area contributed by atoms with Crippen LogP contribution in [0.4, 0.5) is 5.69 Å². The molecule has 1 aliphatic rings. The highest BCUT2D eigenvalue weighted by atomic mass is 16.5. The summed E-state index contributed by atoms with van der Waals surface area (Å²) < 4.78 is 11.0. The maximum Gasteiger partial charge on any atom is 0.339 e. The predicted octanol–water partition coefficient (Wildman–Crippen LogP) is 3.42. The number of carbonyl (C=O) groups is 2. The van der Waals surface area contributed by atoms with E-state index in [0.717, 1.165) is 35.1 Å². The first kappa shape index (κ1) is 20.8. The van der Waals surface area contributed by atoms with E-state index in [9.17, 15) is 9.59 Å². The van der Waals surface area contributed by atoms with Crippen molar-refractivity contribution in [1.29, 1.82) is 0 Å². The second kappa shape index (κ2) is 9.14. The molecule has 1 aromatic heterocycles. The van der Waals surface area contributed by atoms with Crippen LogP contribution in [0.2, 0.25) is 0 Å². The summed E-state index contributed by atoms with van der Waals surface area (Å²) >= 11 is 0. The van der Waals surface area contributed by atoms with Crippen molar-refractivity contribution in [3.8, 4) is 5.75 Å². The number of ether oxygens (including phenoxy) is 2. The molecule has 0 aliphatic carbocycles. The van der Waals surface area contributed by atoms with Crippen LogP contribution in [0.1, 0.15) is 28.5 Å². The molecule has 0 radical (unpaired) electrons. The van der Waals surface area contributed by atoms with Crippen LogP contribution in [0.25, 0.3) is 10.9 Å². The molecule has 0 saturated carbocycles. The zero-order valence-electron chi connectivity index (χ0n) is 17.7. The first-order valence-corrected chi connectivity index (χ1v) is 10.3. The second-order valence-corrected chi connectivity index (χ2v) is 7.47. The monoisotopic (exact) mass is 419 g/mol. The summed E-state index contributed by atoms with van der Waals surface area (Å²) in [6, 6.07) is 14.7. The van der Waals surface area contributed by atoms with E-state index in [2.05, 4.69) is 10.2 Å². The zero-order chi connectivity index (χ0) is 21.8. The van der Waals surface area contributed by atoms with Gasteiger partial charge in [-0.2, -0.15) is 0 Å². The number of nitrogens with one attached hydrogen (secondary N) is 1. The van der Waals surface area contributed by atoms with Crippen LogP contribution >= 0.6 is 0 Å². The van der Waals surface area contributed by atoms with Crippen molar-refractivity contribution in [2.24, 2.45) is 0 Å². The molecule has 4 rings (SSSR count). The Balaban J connectivity index is 1.54. The minimum atomic E-state index is -0.515. The number of benzene rings is 2. The maximum absolute atomic E-state index is 13.1. The van der Waals surface area contributed by atoms with Gasteiger partial charge in [0, 0.05) is 36.2 Å². The third-order valence-electron chi connectivity index (χ3n) is 5.24. The fourth-order valence-electron chi connectivity index (χ4n) is 3.80. The first-order chi connectivity index (χ1) is 15.1. The summed E-state index contributed by atoms with van der Waals surface area (Å²) in [5.41, 5.74) is 3.58. The number of anilines is 1. The number of aromatic nitrogens is 1. The van der Waals surface area contributed by atoms with E-state index in [1.165, 1.54) is 0 Å². The Hall–Kier alpha value is -3.45. The smallest absolute Gasteiger partial charge is 0.339 e. The minimum absolute atomic E-state index is 0.388. The van der Waals surface area contributed by atoms with Crippen LogP contribution in [0.15, 0.2) is 48.5 Å². The number of nitrogens with zero attached hydrogens (tertiary/aromatic N) is 2. The van der Waals surface area contributed by atoms with Gasteiger partial charge in [0.25, 0.3) is 5.91 Å². The zero-order valence-corrected chi connectivity index (χ0v) is 17.7. The number of hydrogen-bond acceptors (Lipinski definition) is 6. The van der Waals surface area contributed by atoms with Gasteiger partial charge < -0.3 is 19.7 Å². The molecule has 0 atom stereocenters. The Morgan fingerprint density at radius 3 is 2.74 bits per heavy atom. The van der Waals surface area contributed by atoms with Crippen molar-refractivity contribution in [3.63, 3.8) is 0 Å². The standard InChI is InChI=1S/C24H25N3O4/c1-3-30-21-11-7-6-10-20(21)26-22(28)15-31-24(29)23-16-8-4-5-9-18(16)25-19-12-13-27(2)14-17(19)23/h4-11H,3,12-15H2,1-2H3,(H,26,28). The average molecular weight is 419 g/mol. The Kier molecular flexibility index (Phi) is 6.13. The van der Waals surface area contributed by atoms with Crippen molar-refractivity contribution in [2.75, 3.05) is 32.1 Å². The van der Waals surface area contributed by atoms with Crippen LogP contribution in [-0.2, 0) is 22.5 Å². The highest BCUT2D eigenvalue weighted by Crippen LogP contribution is 2.28. The number of hydrogen-bond donors (Lipinski definition) is 1. The van der Waals surface area contributed by atoms with Crippen LogP contribution in [0.3, 0.4) is 0 Å². The van der Waals surface area contributed by atoms with Crippen molar-refractivity contribution >= 4 is 28.5 Å². The van der Waals surface area contributed by atoms with Gasteiger partial charge in [-0.1, -0.05) is 30.3 Å². The van der Waals surface area contributed by atoms with Crippen molar-refractivity contribution in [3.05, 3.63) is 65.4 Å². The van der Waals surface area contributed by atoms with Crippen molar-refractivity contribution in [2.45, 2.75) is 19.9 Å². The molecule has 0 bridgehead atoms. The summed E-state index contributed by atoms with van der Waals surface area (Å²) in [5, 5.41) is 3.49. The number of rotatable bonds is 6. The highest BCUT2D eigenvalue weighted by molar-refractivity contribution is 6.06. The normalized spacial score (nSPS) is 13.5. The number of amides is 1. The van der Waals surface area contributed by atoms with Gasteiger partial charge in [-0.25, -0.2) is 4.79 Å². The summed E-state index contributed by atoms with van der Waals surface area (Å²) in [6.07, 6.45) is 0.769. The Morgan fingerprint density at radius 1 is 1.13 bits per heavy atom. The maximum atomic E-state index is 13.1. The Morgan fingerprint density at radius 2 is 1.90 bits per heavy atom. The van der Waals surface area contributed by atoms with Gasteiger partial charge in [0.2, 0.25) is 0 Å². The molecule has 1 N–H and O–H groups in total. The van der Waals surface area contributed by atoms with Gasteiger partial charge in [-0.05, 0) is 32.2 Å². The molecular weight excluding hydrogens is 394 g/mol. The van der Waals surface area contributed by atoms with E-state index in [1.54, 1.807) is 18.2 Å². The van der Waals surface area contributed by atoms with Crippen molar-refractivity contribution in [1.82, 2.24) is 9.88 Å². The number of pyridine rings is 1. The second-order valence-electron chi connectivity index (χ2n) is 7.47. The van der Waals surface area contributed by atoms with Gasteiger partial charge in [-0.3, -0.25) is 9.78 Å². The van der Waals surface area contributed by atoms with Gasteiger partial charge in [-0.15, -0.1) is 0 Å². The van der Waals surface area contributed by atoms with Gasteiger partial charge in [0.05, 0.1) is 23.4 Å². The van der Waals surface area contributed by atoms with Crippen molar-refractivity contribution < 1.29 is 19.1 Å². The first-order valence-electron chi connectivity index (χ1n) is 10.3. The quantitative estimate of drug-likeness (QED) is 0.617. The van der Waals surface area contributed by atoms with E-state index in [4.69, 9.17) is 14.5 Å². The third-order valence-corrected chi connectivity index (χ3v) is 5.24. The molecule has 1 amide bonds. The molecule has 160 valence electrons. The number of para-hydroxylation sites is 3. The summed E-state index contributed by atoms with van der Waals surface area (Å²) in [4.78, 5) is 32.4.